The third-order valence-electron chi connectivity index (χ3n) is 2.46. The summed E-state index contributed by atoms with van der Waals surface area (Å²) in [6.07, 6.45) is 0. The van der Waals surface area contributed by atoms with Gasteiger partial charge in [-0.05, 0) is 41.5 Å². The number of aryl methyl sites for hydroxylation is 1. The number of hydrogen-bond acceptors (Lipinski definition) is 2. The molecule has 0 radical (unpaired) electrons. The van der Waals surface area contributed by atoms with Crippen molar-refractivity contribution >= 4 is 0 Å². The zero-order valence-electron chi connectivity index (χ0n) is 9.80. The molecule has 0 atom stereocenters. The fraction of sp³-hybridized carbons (Fsp3) is 0.636. The fourth-order valence-corrected chi connectivity index (χ4v) is 1.83. The van der Waals surface area contributed by atoms with E-state index in [1.807, 2.05) is 20.8 Å². The Morgan fingerprint density at radius 3 is 2.07 bits per heavy atom. The molecule has 78 valence electrons. The topological polar surface area (TPSA) is 34.9 Å². The summed E-state index contributed by atoms with van der Waals surface area (Å²) >= 11 is 0. The average Bonchev–Trinajstić information content (AvgIpc) is 1.97. The second-order valence-corrected chi connectivity index (χ2v) is 4.68. The van der Waals surface area contributed by atoms with Gasteiger partial charge in [0.05, 0.1) is 0 Å². The van der Waals surface area contributed by atoms with Crippen LogP contribution in [0.4, 0.5) is 0 Å². The molecule has 0 aliphatic carbocycles. The molecule has 0 amide bonds. The van der Waals surface area contributed by atoms with Gasteiger partial charge in [0.2, 0.25) is 0 Å². The first-order valence-corrected chi connectivity index (χ1v) is 4.82. The van der Waals surface area contributed by atoms with Crippen molar-refractivity contribution in [1.82, 2.24) is 9.55 Å². The highest BCUT2D eigenvalue weighted by atomic mass is 16.1. The third-order valence-corrected chi connectivity index (χ3v) is 2.46. The Kier molecular flexibility index (Phi) is 2.52. The van der Waals surface area contributed by atoms with Gasteiger partial charge in [-0.25, -0.2) is 0 Å². The molecular weight excluding hydrogens is 176 g/mol. The summed E-state index contributed by atoms with van der Waals surface area (Å²) in [7, 11) is 0. The molecule has 0 fully saturated rings. The van der Waals surface area contributed by atoms with Crippen LogP contribution in [0, 0.1) is 20.8 Å². The van der Waals surface area contributed by atoms with Gasteiger partial charge in [0.1, 0.15) is 5.82 Å². The van der Waals surface area contributed by atoms with Crippen LogP contribution in [-0.4, -0.2) is 9.55 Å². The van der Waals surface area contributed by atoms with Gasteiger partial charge in [-0.3, -0.25) is 4.79 Å². The van der Waals surface area contributed by atoms with Gasteiger partial charge in [-0.1, -0.05) is 0 Å². The first-order valence-electron chi connectivity index (χ1n) is 4.82. The van der Waals surface area contributed by atoms with Gasteiger partial charge < -0.3 is 4.57 Å². The molecule has 0 unspecified atom stereocenters. The quantitative estimate of drug-likeness (QED) is 0.632. The molecule has 3 heteroatoms. The molecule has 0 N–H and O–H groups in total. The molecule has 0 saturated heterocycles. The maximum absolute atomic E-state index is 11.4. The number of rotatable bonds is 0. The van der Waals surface area contributed by atoms with E-state index in [9.17, 15) is 4.79 Å². The molecule has 1 aromatic rings. The van der Waals surface area contributed by atoms with Crippen molar-refractivity contribution in [2.24, 2.45) is 0 Å². The van der Waals surface area contributed by atoms with E-state index in [2.05, 4.69) is 30.3 Å². The molecule has 0 aliphatic rings. The van der Waals surface area contributed by atoms with Gasteiger partial charge in [0.25, 0.3) is 5.56 Å². The van der Waals surface area contributed by atoms with E-state index in [4.69, 9.17) is 0 Å². The highest BCUT2D eigenvalue weighted by molar-refractivity contribution is 5.17. The average molecular weight is 194 g/mol. The van der Waals surface area contributed by atoms with Gasteiger partial charge in [-0.15, -0.1) is 0 Å². The zero-order chi connectivity index (χ0) is 11.1. The minimum Gasteiger partial charge on any atom is -0.328 e. The van der Waals surface area contributed by atoms with E-state index in [0.717, 1.165) is 17.1 Å². The van der Waals surface area contributed by atoms with Crippen molar-refractivity contribution < 1.29 is 0 Å². The van der Waals surface area contributed by atoms with Crippen LogP contribution in [0.5, 0.6) is 0 Å². The van der Waals surface area contributed by atoms with Crippen molar-refractivity contribution in [3.63, 3.8) is 0 Å². The lowest BCUT2D eigenvalue weighted by Crippen LogP contribution is -2.31. The lowest BCUT2D eigenvalue weighted by atomic mass is 10.1. The van der Waals surface area contributed by atoms with E-state index in [1.165, 1.54) is 0 Å². The van der Waals surface area contributed by atoms with Gasteiger partial charge in [-0.2, -0.15) is 4.98 Å². The first-order chi connectivity index (χ1) is 6.25. The molecule has 3 nitrogen and oxygen atoms in total. The van der Waals surface area contributed by atoms with Crippen molar-refractivity contribution in [2.45, 2.75) is 47.1 Å². The molecule has 1 heterocycles. The molecule has 0 saturated carbocycles. The van der Waals surface area contributed by atoms with E-state index in [-0.39, 0.29) is 11.1 Å². The minimum absolute atomic E-state index is 0.0281. The third kappa shape index (κ3) is 1.72. The lowest BCUT2D eigenvalue weighted by molar-refractivity contribution is 0.369. The maximum atomic E-state index is 11.4. The highest BCUT2D eigenvalue weighted by Gasteiger charge is 2.18. The Labute approximate surface area is 84.8 Å². The summed E-state index contributed by atoms with van der Waals surface area (Å²) in [5.41, 5.74) is 1.61. The van der Waals surface area contributed by atoms with Gasteiger partial charge in [0, 0.05) is 16.8 Å². The molecule has 1 aromatic heterocycles. The normalized spacial score (nSPS) is 11.9. The zero-order valence-corrected chi connectivity index (χ0v) is 9.80. The number of nitrogens with zero attached hydrogens (tertiary/aromatic N) is 2. The molecule has 0 aromatic carbocycles. The van der Waals surface area contributed by atoms with Crippen molar-refractivity contribution in [2.75, 3.05) is 0 Å². The maximum Gasteiger partial charge on any atom is 0.276 e. The van der Waals surface area contributed by atoms with Crippen molar-refractivity contribution in [1.29, 1.82) is 0 Å². The van der Waals surface area contributed by atoms with Crippen molar-refractivity contribution in [3.05, 3.63) is 27.4 Å². The predicted octanol–water partition coefficient (Wildman–Crippen LogP) is 1.92. The summed E-state index contributed by atoms with van der Waals surface area (Å²) in [5.74, 6) is 0.783. The van der Waals surface area contributed by atoms with E-state index < -0.39 is 0 Å². The number of aromatic nitrogens is 2. The second kappa shape index (κ2) is 3.23. The minimum atomic E-state index is -0.111. The Morgan fingerprint density at radius 1 is 1.14 bits per heavy atom. The SMILES string of the molecule is Cc1c(C)n(C(C)(C)C)c(C)nc1=O. The standard InChI is InChI=1S/C11H18N2O/c1-7-8(2)13(11(4,5)6)9(3)12-10(7)14/h1-6H3. The molecule has 1 rings (SSSR count). The lowest BCUT2D eigenvalue weighted by Gasteiger charge is -2.28. The molecular formula is C11H18N2O. The van der Waals surface area contributed by atoms with Gasteiger partial charge >= 0.3 is 0 Å². The summed E-state index contributed by atoms with van der Waals surface area (Å²) in [5, 5.41) is 0. The van der Waals surface area contributed by atoms with Crippen LogP contribution < -0.4 is 5.56 Å². The second-order valence-electron chi connectivity index (χ2n) is 4.68. The molecule has 14 heavy (non-hydrogen) atoms. The van der Waals surface area contributed by atoms with E-state index >= 15 is 0 Å². The molecule has 0 spiro atoms. The summed E-state index contributed by atoms with van der Waals surface area (Å²) < 4.78 is 2.10. The van der Waals surface area contributed by atoms with Crippen LogP contribution >= 0.6 is 0 Å². The highest BCUT2D eigenvalue weighted by Crippen LogP contribution is 2.18. The van der Waals surface area contributed by atoms with Crippen LogP contribution in [0.25, 0.3) is 0 Å². The Morgan fingerprint density at radius 2 is 1.64 bits per heavy atom. The summed E-state index contributed by atoms with van der Waals surface area (Å²) in [6.45, 7) is 12.0. The van der Waals surface area contributed by atoms with Crippen LogP contribution in [0.1, 0.15) is 37.9 Å². The monoisotopic (exact) mass is 194 g/mol. The predicted molar refractivity (Wildman–Crippen MR) is 57.7 cm³/mol. The van der Waals surface area contributed by atoms with Crippen molar-refractivity contribution in [3.8, 4) is 0 Å². The Hall–Kier alpha value is -1.12. The Bertz CT molecular complexity index is 411. The summed E-state index contributed by atoms with van der Waals surface area (Å²) in [6, 6.07) is 0. The van der Waals surface area contributed by atoms with Crippen LogP contribution in [0.2, 0.25) is 0 Å². The summed E-state index contributed by atoms with van der Waals surface area (Å²) in [4.78, 5) is 15.4. The van der Waals surface area contributed by atoms with Crippen LogP contribution in [0.3, 0.4) is 0 Å². The van der Waals surface area contributed by atoms with Crippen LogP contribution in [-0.2, 0) is 5.54 Å². The number of hydrogen-bond donors (Lipinski definition) is 0. The van der Waals surface area contributed by atoms with Crippen LogP contribution in [0.15, 0.2) is 4.79 Å². The van der Waals surface area contributed by atoms with E-state index in [0.29, 0.717) is 0 Å². The Balaban J connectivity index is 3.61. The van der Waals surface area contributed by atoms with Gasteiger partial charge in [0.15, 0.2) is 0 Å². The largest absolute Gasteiger partial charge is 0.328 e. The molecule has 0 bridgehead atoms. The van der Waals surface area contributed by atoms with E-state index in [1.54, 1.807) is 0 Å². The fourth-order valence-electron chi connectivity index (χ4n) is 1.83. The first kappa shape index (κ1) is 11.0. The smallest absolute Gasteiger partial charge is 0.276 e. The molecule has 0 aliphatic heterocycles.